The van der Waals surface area contributed by atoms with Gasteiger partial charge >= 0.3 is 0 Å². The van der Waals surface area contributed by atoms with Crippen molar-refractivity contribution in [2.24, 2.45) is 11.8 Å². The number of likely N-dealkylation sites (N-methyl/N-ethyl adjacent to an activating group) is 1. The van der Waals surface area contributed by atoms with Crippen LogP contribution in [0.15, 0.2) is 47.5 Å². The van der Waals surface area contributed by atoms with Crippen molar-refractivity contribution in [3.05, 3.63) is 58.7 Å². The van der Waals surface area contributed by atoms with E-state index in [0.717, 1.165) is 59.5 Å². The molecule has 2 saturated heterocycles. The van der Waals surface area contributed by atoms with E-state index in [1.807, 2.05) is 62.4 Å². The molecule has 42 heavy (non-hydrogen) atoms. The number of hydrogen-bond donors (Lipinski definition) is 0. The Hall–Kier alpha value is -3.25. The first-order valence-electron chi connectivity index (χ1n) is 15.7. The topological polar surface area (TPSA) is 57.2 Å². The quantitative estimate of drug-likeness (QED) is 0.214. The van der Waals surface area contributed by atoms with E-state index in [0.29, 0.717) is 49.8 Å². The molecular weight excluding hydrogens is 526 g/mol. The van der Waals surface area contributed by atoms with Gasteiger partial charge in [-0.25, -0.2) is 0 Å². The molecule has 228 valence electrons. The van der Waals surface area contributed by atoms with Gasteiger partial charge in [0.2, 0.25) is 0 Å². The lowest BCUT2D eigenvalue weighted by atomic mass is 9.88. The number of carbonyl (C=O) groups excluding carboxylic acids is 1. The maximum atomic E-state index is 14.0. The Morgan fingerprint density at radius 1 is 0.714 bits per heavy atom. The zero-order chi connectivity index (χ0) is 30.2. The van der Waals surface area contributed by atoms with Gasteiger partial charge in [-0.15, -0.1) is 0 Å². The number of nitrogens with zero attached hydrogens (tertiary/aromatic N) is 1. The number of piperidine rings is 1. The van der Waals surface area contributed by atoms with Crippen molar-refractivity contribution in [1.29, 1.82) is 0 Å². The number of benzene rings is 2. The van der Waals surface area contributed by atoms with Crippen molar-refractivity contribution < 1.29 is 23.7 Å². The summed E-state index contributed by atoms with van der Waals surface area (Å²) in [5.41, 5.74) is 3.54. The zero-order valence-corrected chi connectivity index (χ0v) is 26.6. The number of carbonyl (C=O) groups is 1. The Balaban J connectivity index is 1.62. The smallest absolute Gasteiger partial charge is 0.188 e. The van der Waals surface area contributed by atoms with E-state index in [-0.39, 0.29) is 17.9 Å². The normalized spacial score (nSPS) is 20.6. The molecule has 2 atom stereocenters. The molecule has 0 radical (unpaired) electrons. The summed E-state index contributed by atoms with van der Waals surface area (Å²) in [6.07, 6.45) is 7.95. The Morgan fingerprint density at radius 3 is 1.52 bits per heavy atom. The van der Waals surface area contributed by atoms with Crippen molar-refractivity contribution in [2.45, 2.75) is 79.3 Å². The summed E-state index contributed by atoms with van der Waals surface area (Å²) < 4.78 is 23.9. The summed E-state index contributed by atoms with van der Waals surface area (Å²) in [6.45, 7) is 15.1. The van der Waals surface area contributed by atoms with Gasteiger partial charge in [0.25, 0.3) is 0 Å². The molecule has 0 aromatic heterocycles. The average Bonchev–Trinajstić information content (AvgIpc) is 3.26. The fourth-order valence-electron chi connectivity index (χ4n) is 5.66. The Bertz CT molecular complexity index is 1180. The van der Waals surface area contributed by atoms with Crippen LogP contribution in [0.3, 0.4) is 0 Å². The van der Waals surface area contributed by atoms with Crippen molar-refractivity contribution >= 4 is 17.9 Å². The number of hydrogen-bond acceptors (Lipinski definition) is 6. The highest BCUT2D eigenvalue weighted by Crippen LogP contribution is 2.41. The summed E-state index contributed by atoms with van der Waals surface area (Å²) in [7, 11) is 2.13. The maximum Gasteiger partial charge on any atom is 0.188 e. The Morgan fingerprint density at radius 2 is 1.14 bits per heavy atom. The van der Waals surface area contributed by atoms with E-state index in [4.69, 9.17) is 18.9 Å². The first kappa shape index (κ1) is 31.7. The number of rotatable bonds is 14. The molecule has 2 bridgehead atoms. The lowest BCUT2D eigenvalue weighted by molar-refractivity contribution is -0.114. The van der Waals surface area contributed by atoms with Crippen LogP contribution >= 0.6 is 0 Å². The van der Waals surface area contributed by atoms with Gasteiger partial charge in [0.1, 0.15) is 0 Å². The van der Waals surface area contributed by atoms with Gasteiger partial charge in [-0.05, 0) is 106 Å². The molecule has 6 nitrogen and oxygen atoms in total. The standard InChI is InChI=1S/C36H49NO5/c1-8-39-34-22-26(10-14-32(34)41-18-16-24(3)4)20-28-30-12-13-31(37(30)7)29(36(28)38)21-27-11-15-33(35(23-27)40-9-2)42-19-17-25(5)6/h10-11,14-15,20-25,30-31H,8-9,12-13,16-19H2,1-7H3. The number of fused-ring (bicyclic) bond motifs is 2. The molecule has 0 aliphatic carbocycles. The molecule has 0 amide bonds. The number of ether oxygens (including phenoxy) is 4. The first-order chi connectivity index (χ1) is 20.2. The highest BCUT2D eigenvalue weighted by atomic mass is 16.5. The number of ketones is 1. The van der Waals surface area contributed by atoms with E-state index in [1.165, 1.54) is 0 Å². The van der Waals surface area contributed by atoms with Gasteiger partial charge in [0.05, 0.1) is 26.4 Å². The van der Waals surface area contributed by atoms with Crippen molar-refractivity contribution in [1.82, 2.24) is 4.90 Å². The molecule has 6 heteroatoms. The predicted molar refractivity (Wildman–Crippen MR) is 171 cm³/mol. The highest BCUT2D eigenvalue weighted by Gasteiger charge is 2.44. The first-order valence-corrected chi connectivity index (χ1v) is 15.7. The van der Waals surface area contributed by atoms with Crippen LogP contribution < -0.4 is 18.9 Å². The molecule has 2 heterocycles. The lowest BCUT2D eigenvalue weighted by Crippen LogP contribution is -2.43. The Kier molecular flexibility index (Phi) is 11.1. The molecule has 2 unspecified atom stereocenters. The molecule has 4 rings (SSSR count). The van der Waals surface area contributed by atoms with E-state index in [1.54, 1.807) is 0 Å². The third kappa shape index (κ3) is 7.77. The van der Waals surface area contributed by atoms with E-state index in [9.17, 15) is 4.79 Å². The molecule has 2 aliphatic rings. The van der Waals surface area contributed by atoms with Crippen LogP contribution in [0.25, 0.3) is 12.2 Å². The SMILES string of the molecule is CCOc1cc(C=C2C(=O)C(=Cc3ccc(OCCC(C)C)c(OCC)c3)C3CCC2N3C)ccc1OCCC(C)C. The summed E-state index contributed by atoms with van der Waals surface area (Å²) >= 11 is 0. The van der Waals surface area contributed by atoms with Crippen LogP contribution in [0.1, 0.15) is 78.4 Å². The molecule has 0 spiro atoms. The van der Waals surface area contributed by atoms with Crippen LogP contribution in [0.4, 0.5) is 0 Å². The second-order valence-electron chi connectivity index (χ2n) is 12.1. The molecule has 2 fully saturated rings. The molecular formula is C36H49NO5. The van der Waals surface area contributed by atoms with E-state index < -0.39 is 0 Å². The van der Waals surface area contributed by atoms with Gasteiger partial charge in [-0.3, -0.25) is 9.69 Å². The zero-order valence-electron chi connectivity index (χ0n) is 26.6. The fourth-order valence-corrected chi connectivity index (χ4v) is 5.66. The largest absolute Gasteiger partial charge is 0.490 e. The second kappa shape index (κ2) is 14.8. The van der Waals surface area contributed by atoms with Crippen LogP contribution in [0.2, 0.25) is 0 Å². The minimum atomic E-state index is 0.105. The van der Waals surface area contributed by atoms with Crippen LogP contribution in [-0.4, -0.2) is 56.2 Å². The van der Waals surface area contributed by atoms with Crippen LogP contribution in [0, 0.1) is 11.8 Å². The van der Waals surface area contributed by atoms with Crippen molar-refractivity contribution in [2.75, 3.05) is 33.5 Å². The third-order valence-corrected chi connectivity index (χ3v) is 8.02. The summed E-state index contributed by atoms with van der Waals surface area (Å²) in [5.74, 6) is 4.18. The summed E-state index contributed by atoms with van der Waals surface area (Å²) in [5, 5.41) is 0. The number of Topliss-reactive ketones (excluding diaryl/α,β-unsaturated/α-hetero) is 1. The van der Waals surface area contributed by atoms with Crippen LogP contribution in [0.5, 0.6) is 23.0 Å². The molecule has 2 aromatic rings. The molecule has 0 saturated carbocycles. The van der Waals surface area contributed by atoms with Gasteiger partial charge in [-0.1, -0.05) is 39.8 Å². The van der Waals surface area contributed by atoms with Gasteiger partial charge in [-0.2, -0.15) is 0 Å². The van der Waals surface area contributed by atoms with E-state index in [2.05, 4.69) is 39.6 Å². The maximum absolute atomic E-state index is 14.0. The molecule has 0 N–H and O–H groups in total. The average molecular weight is 576 g/mol. The monoisotopic (exact) mass is 575 g/mol. The highest BCUT2D eigenvalue weighted by molar-refractivity contribution is 6.16. The minimum absolute atomic E-state index is 0.105. The molecule has 2 aromatic carbocycles. The second-order valence-corrected chi connectivity index (χ2v) is 12.1. The van der Waals surface area contributed by atoms with E-state index >= 15 is 0 Å². The molecule has 2 aliphatic heterocycles. The summed E-state index contributed by atoms with van der Waals surface area (Å²) in [6, 6.07) is 12.2. The van der Waals surface area contributed by atoms with Crippen LogP contribution in [-0.2, 0) is 4.79 Å². The summed E-state index contributed by atoms with van der Waals surface area (Å²) in [4.78, 5) is 16.4. The Labute approximate surface area is 252 Å². The van der Waals surface area contributed by atoms with Gasteiger partial charge in [0.15, 0.2) is 28.8 Å². The minimum Gasteiger partial charge on any atom is -0.490 e. The fraction of sp³-hybridized carbons (Fsp3) is 0.528. The predicted octanol–water partition coefficient (Wildman–Crippen LogP) is 7.85. The lowest BCUT2D eigenvalue weighted by Gasteiger charge is -2.34. The van der Waals surface area contributed by atoms with Crippen molar-refractivity contribution in [3.8, 4) is 23.0 Å². The third-order valence-electron chi connectivity index (χ3n) is 8.02. The van der Waals surface area contributed by atoms with Crippen molar-refractivity contribution in [3.63, 3.8) is 0 Å². The van der Waals surface area contributed by atoms with Gasteiger partial charge in [0, 0.05) is 23.2 Å². The van der Waals surface area contributed by atoms with Gasteiger partial charge < -0.3 is 18.9 Å².